The van der Waals surface area contributed by atoms with E-state index in [4.69, 9.17) is 10.2 Å². The number of nitrogens with two attached hydrogens (primary N) is 1. The minimum atomic E-state index is -0.0762. The predicted molar refractivity (Wildman–Crippen MR) is 79.3 cm³/mol. The molecule has 2 rings (SSSR count). The van der Waals surface area contributed by atoms with Crippen LogP contribution >= 0.6 is 0 Å². The fourth-order valence-electron chi connectivity index (χ4n) is 1.93. The molecule has 0 spiro atoms. The molecule has 5 heteroatoms. The van der Waals surface area contributed by atoms with Crippen molar-refractivity contribution in [1.29, 1.82) is 0 Å². The molecule has 0 bridgehead atoms. The Hall–Kier alpha value is -2.27. The third-order valence-corrected chi connectivity index (χ3v) is 2.96. The summed E-state index contributed by atoms with van der Waals surface area (Å²) in [5, 5.41) is 2.87. The van der Waals surface area contributed by atoms with Gasteiger partial charge in [-0.05, 0) is 43.8 Å². The largest absolute Gasteiger partial charge is 0.468 e. The molecule has 1 aromatic heterocycles. The highest BCUT2D eigenvalue weighted by Crippen LogP contribution is 2.18. The molecule has 0 radical (unpaired) electrons. The quantitative estimate of drug-likeness (QED) is 0.820. The molecule has 0 atom stereocenters. The number of amides is 1. The second kappa shape index (κ2) is 6.25. The molecule has 5 nitrogen and oxygen atoms in total. The van der Waals surface area contributed by atoms with Gasteiger partial charge in [-0.25, -0.2) is 0 Å². The van der Waals surface area contributed by atoms with Gasteiger partial charge < -0.3 is 15.5 Å². The van der Waals surface area contributed by atoms with Crippen LogP contribution in [0.4, 0.5) is 11.4 Å². The van der Waals surface area contributed by atoms with Crippen molar-refractivity contribution in [2.75, 3.05) is 24.6 Å². The number of likely N-dealkylation sites (N-methyl/N-ethyl adjacent to an activating group) is 1. The van der Waals surface area contributed by atoms with Gasteiger partial charge in [0.1, 0.15) is 5.76 Å². The van der Waals surface area contributed by atoms with Gasteiger partial charge in [-0.15, -0.1) is 0 Å². The van der Waals surface area contributed by atoms with E-state index in [2.05, 4.69) is 5.32 Å². The number of furan rings is 1. The highest BCUT2D eigenvalue weighted by molar-refractivity contribution is 5.93. The summed E-state index contributed by atoms with van der Waals surface area (Å²) in [5.41, 5.74) is 8.09. The molecule has 0 unspecified atom stereocenters. The molecule has 1 aromatic carbocycles. The lowest BCUT2D eigenvalue weighted by atomic mass is 10.2. The minimum Gasteiger partial charge on any atom is -0.468 e. The number of carbonyl (C=O) groups excluding carboxylic acids is 1. The van der Waals surface area contributed by atoms with Crippen molar-refractivity contribution in [3.8, 4) is 0 Å². The van der Waals surface area contributed by atoms with Gasteiger partial charge in [0.2, 0.25) is 5.91 Å². The highest BCUT2D eigenvalue weighted by Gasteiger charge is 2.10. The molecule has 1 amide bonds. The van der Waals surface area contributed by atoms with Gasteiger partial charge in [-0.1, -0.05) is 6.07 Å². The van der Waals surface area contributed by atoms with E-state index < -0.39 is 0 Å². The summed E-state index contributed by atoms with van der Waals surface area (Å²) < 4.78 is 5.25. The number of hydrogen-bond acceptors (Lipinski definition) is 4. The molecule has 20 heavy (non-hydrogen) atoms. The fourth-order valence-corrected chi connectivity index (χ4v) is 1.93. The number of nitrogen functional groups attached to an aromatic ring is 1. The van der Waals surface area contributed by atoms with E-state index in [1.54, 1.807) is 12.3 Å². The second-order valence-electron chi connectivity index (χ2n) is 4.87. The first-order valence-corrected chi connectivity index (χ1v) is 6.41. The van der Waals surface area contributed by atoms with Gasteiger partial charge in [-0.3, -0.25) is 9.69 Å². The lowest BCUT2D eigenvalue weighted by molar-refractivity contribution is -0.117. The van der Waals surface area contributed by atoms with Gasteiger partial charge in [-0.2, -0.15) is 0 Å². The monoisotopic (exact) mass is 273 g/mol. The molecule has 0 aliphatic rings. The number of aryl methyl sites for hydroxylation is 1. The molecule has 3 N–H and O–H groups in total. The van der Waals surface area contributed by atoms with Crippen LogP contribution in [0.25, 0.3) is 0 Å². The molecule has 106 valence electrons. The summed E-state index contributed by atoms with van der Waals surface area (Å²) in [4.78, 5) is 13.9. The number of nitrogens with zero attached hydrogens (tertiary/aromatic N) is 1. The predicted octanol–water partition coefficient (Wildman–Crippen LogP) is 2.24. The Morgan fingerprint density at radius 1 is 1.40 bits per heavy atom. The van der Waals surface area contributed by atoms with Gasteiger partial charge in [0, 0.05) is 11.4 Å². The molecule has 0 aliphatic carbocycles. The topological polar surface area (TPSA) is 71.5 Å². The van der Waals surface area contributed by atoms with Crippen LogP contribution in [0.5, 0.6) is 0 Å². The summed E-state index contributed by atoms with van der Waals surface area (Å²) in [5.74, 6) is 0.758. The normalized spacial score (nSPS) is 10.8. The number of carbonyl (C=O) groups is 1. The molecule has 0 aliphatic heterocycles. The molecule has 0 saturated heterocycles. The number of nitrogens with one attached hydrogen (secondary N) is 1. The Balaban J connectivity index is 1.90. The first-order chi connectivity index (χ1) is 9.54. The SMILES string of the molecule is Cc1ccc(N)cc1NC(=O)CN(C)Cc1ccco1. The Morgan fingerprint density at radius 3 is 2.90 bits per heavy atom. The average Bonchev–Trinajstić information content (AvgIpc) is 2.86. The minimum absolute atomic E-state index is 0.0762. The molecular weight excluding hydrogens is 254 g/mol. The number of benzene rings is 1. The van der Waals surface area contributed by atoms with Crippen LogP contribution in [0.3, 0.4) is 0 Å². The van der Waals surface area contributed by atoms with E-state index in [-0.39, 0.29) is 12.5 Å². The highest BCUT2D eigenvalue weighted by atomic mass is 16.3. The van der Waals surface area contributed by atoms with Crippen LogP contribution in [0.1, 0.15) is 11.3 Å². The first-order valence-electron chi connectivity index (χ1n) is 6.41. The van der Waals surface area contributed by atoms with Crippen LogP contribution in [-0.4, -0.2) is 24.4 Å². The Labute approximate surface area is 118 Å². The third-order valence-electron chi connectivity index (χ3n) is 2.96. The van der Waals surface area contributed by atoms with E-state index >= 15 is 0 Å². The van der Waals surface area contributed by atoms with Gasteiger partial charge >= 0.3 is 0 Å². The van der Waals surface area contributed by atoms with Crippen molar-refractivity contribution in [3.05, 3.63) is 47.9 Å². The number of anilines is 2. The van der Waals surface area contributed by atoms with Crippen molar-refractivity contribution in [2.45, 2.75) is 13.5 Å². The zero-order valence-corrected chi connectivity index (χ0v) is 11.7. The number of rotatable bonds is 5. The Morgan fingerprint density at radius 2 is 2.20 bits per heavy atom. The summed E-state index contributed by atoms with van der Waals surface area (Å²) in [6, 6.07) is 9.18. The van der Waals surface area contributed by atoms with E-state index in [1.807, 2.05) is 43.1 Å². The van der Waals surface area contributed by atoms with E-state index in [0.29, 0.717) is 12.2 Å². The molecule has 0 fully saturated rings. The van der Waals surface area contributed by atoms with Crippen LogP contribution in [0.2, 0.25) is 0 Å². The van der Waals surface area contributed by atoms with Crippen molar-refractivity contribution in [1.82, 2.24) is 4.90 Å². The van der Waals surface area contributed by atoms with Crippen LogP contribution in [-0.2, 0) is 11.3 Å². The molecular formula is C15H19N3O2. The summed E-state index contributed by atoms with van der Waals surface area (Å²) in [6.45, 7) is 2.81. The molecule has 0 saturated carbocycles. The molecule has 1 heterocycles. The lowest BCUT2D eigenvalue weighted by Gasteiger charge is -2.15. The van der Waals surface area contributed by atoms with Gasteiger partial charge in [0.15, 0.2) is 0 Å². The summed E-state index contributed by atoms with van der Waals surface area (Å²) in [7, 11) is 1.87. The van der Waals surface area contributed by atoms with Crippen molar-refractivity contribution in [2.24, 2.45) is 0 Å². The maximum absolute atomic E-state index is 12.0. The third kappa shape index (κ3) is 3.86. The van der Waals surface area contributed by atoms with Crippen molar-refractivity contribution < 1.29 is 9.21 Å². The van der Waals surface area contributed by atoms with Crippen LogP contribution in [0, 0.1) is 6.92 Å². The zero-order chi connectivity index (χ0) is 14.5. The maximum atomic E-state index is 12.0. The van der Waals surface area contributed by atoms with Crippen molar-refractivity contribution in [3.63, 3.8) is 0 Å². The Kier molecular flexibility index (Phi) is 4.42. The summed E-state index contributed by atoms with van der Waals surface area (Å²) in [6.07, 6.45) is 1.62. The van der Waals surface area contributed by atoms with E-state index in [9.17, 15) is 4.79 Å². The van der Waals surface area contributed by atoms with E-state index in [1.165, 1.54) is 0 Å². The van der Waals surface area contributed by atoms with Crippen molar-refractivity contribution >= 4 is 17.3 Å². The maximum Gasteiger partial charge on any atom is 0.238 e. The van der Waals surface area contributed by atoms with Gasteiger partial charge in [0.05, 0.1) is 19.4 Å². The van der Waals surface area contributed by atoms with E-state index in [0.717, 1.165) is 17.0 Å². The first kappa shape index (κ1) is 14.1. The lowest BCUT2D eigenvalue weighted by Crippen LogP contribution is -2.29. The fraction of sp³-hybridized carbons (Fsp3) is 0.267. The van der Waals surface area contributed by atoms with Crippen LogP contribution < -0.4 is 11.1 Å². The Bertz CT molecular complexity index is 579. The molecule has 2 aromatic rings. The standard InChI is InChI=1S/C15H19N3O2/c1-11-5-6-12(16)8-14(11)17-15(19)10-18(2)9-13-4-3-7-20-13/h3-8H,9-10,16H2,1-2H3,(H,17,19). The van der Waals surface area contributed by atoms with Gasteiger partial charge in [0.25, 0.3) is 0 Å². The smallest absolute Gasteiger partial charge is 0.238 e. The second-order valence-corrected chi connectivity index (χ2v) is 4.87. The number of hydrogen-bond donors (Lipinski definition) is 2. The average molecular weight is 273 g/mol. The van der Waals surface area contributed by atoms with Crippen LogP contribution in [0.15, 0.2) is 41.0 Å². The summed E-state index contributed by atoms with van der Waals surface area (Å²) >= 11 is 0. The zero-order valence-electron chi connectivity index (χ0n) is 11.7.